The quantitative estimate of drug-likeness (QED) is 0.617. The highest BCUT2D eigenvalue weighted by atomic mass is 16.1. The van der Waals surface area contributed by atoms with Gasteiger partial charge in [0.15, 0.2) is 0 Å². The molecule has 1 N–H and O–H groups in total. The van der Waals surface area contributed by atoms with Gasteiger partial charge in [-0.3, -0.25) is 4.79 Å². The fourth-order valence-corrected chi connectivity index (χ4v) is 1.32. The summed E-state index contributed by atoms with van der Waals surface area (Å²) in [6, 6.07) is 0. The maximum Gasteiger partial charge on any atom is 0.222 e. The van der Waals surface area contributed by atoms with Gasteiger partial charge in [-0.1, -0.05) is 66.7 Å². The summed E-state index contributed by atoms with van der Waals surface area (Å²) < 4.78 is 0. The molecule has 0 aromatic heterocycles. The normalized spacial score (nSPS) is 9.62. The molecule has 0 saturated carbocycles. The molecule has 0 unspecified atom stereocenters. The maximum atomic E-state index is 11.2. The van der Waals surface area contributed by atoms with E-state index >= 15 is 0 Å². The van der Waals surface area contributed by atoms with E-state index in [2.05, 4.69) is 12.2 Å². The Balaban J connectivity index is -0.000000616. The number of hydrogen-bond donors (Lipinski definition) is 1. The van der Waals surface area contributed by atoms with Gasteiger partial charge >= 0.3 is 0 Å². The molecule has 100 valence electrons. The molecular formula is C14H33NO. The van der Waals surface area contributed by atoms with E-state index < -0.39 is 0 Å². The molecule has 16 heavy (non-hydrogen) atoms. The zero-order chi connectivity index (χ0) is 12.8. The minimum atomic E-state index is 0. The summed E-state index contributed by atoms with van der Waals surface area (Å²) in [6.45, 7) is 10.9. The van der Waals surface area contributed by atoms with E-state index in [9.17, 15) is 4.79 Å². The predicted molar refractivity (Wildman–Crippen MR) is 74.7 cm³/mol. The summed E-state index contributed by atoms with van der Waals surface area (Å²) >= 11 is 0. The van der Waals surface area contributed by atoms with Gasteiger partial charge in [-0.15, -0.1) is 0 Å². The van der Waals surface area contributed by atoms with E-state index in [0.717, 1.165) is 13.0 Å². The van der Waals surface area contributed by atoms with Crippen LogP contribution in [0.4, 0.5) is 0 Å². The highest BCUT2D eigenvalue weighted by Crippen LogP contribution is 2.04. The second-order valence-electron chi connectivity index (χ2n) is 4.21. The van der Waals surface area contributed by atoms with Crippen molar-refractivity contribution >= 4 is 5.91 Å². The van der Waals surface area contributed by atoms with Crippen LogP contribution in [0.3, 0.4) is 0 Å². The second-order valence-corrected chi connectivity index (χ2v) is 4.21. The van der Waals surface area contributed by atoms with Gasteiger partial charge in [0.05, 0.1) is 0 Å². The summed E-state index contributed by atoms with van der Waals surface area (Å²) in [4.78, 5) is 11.2. The summed E-state index contributed by atoms with van der Waals surface area (Å²) in [5, 5.41) is 2.93. The van der Waals surface area contributed by atoms with Crippen molar-refractivity contribution in [2.24, 2.45) is 5.92 Å². The molecule has 0 atom stereocenters. The van der Waals surface area contributed by atoms with E-state index in [1.807, 2.05) is 27.7 Å². The van der Waals surface area contributed by atoms with Crippen molar-refractivity contribution in [3.8, 4) is 0 Å². The zero-order valence-corrected chi connectivity index (χ0v) is 11.9. The number of nitrogens with one attached hydrogen (secondary N) is 1. The molecule has 0 saturated heterocycles. The van der Waals surface area contributed by atoms with Crippen LogP contribution in [0.2, 0.25) is 0 Å². The SMILES string of the molecule is CC.CCCCCCCCNC(=O)C(C)C.[HH]. The molecule has 0 radical (unpaired) electrons. The lowest BCUT2D eigenvalue weighted by atomic mass is 10.1. The molecule has 0 aliphatic carbocycles. The number of carbonyl (C=O) groups excluding carboxylic acids is 1. The van der Waals surface area contributed by atoms with Crippen molar-refractivity contribution < 1.29 is 6.22 Å². The fourth-order valence-electron chi connectivity index (χ4n) is 1.32. The van der Waals surface area contributed by atoms with Gasteiger partial charge in [-0.2, -0.15) is 0 Å². The van der Waals surface area contributed by atoms with Crippen LogP contribution >= 0.6 is 0 Å². The Kier molecular flexibility index (Phi) is 16.1. The van der Waals surface area contributed by atoms with Crippen molar-refractivity contribution in [1.82, 2.24) is 5.32 Å². The number of carbonyl (C=O) groups is 1. The molecule has 0 aromatic carbocycles. The van der Waals surface area contributed by atoms with Crippen LogP contribution in [0.15, 0.2) is 0 Å². The second kappa shape index (κ2) is 14.5. The first-order valence-corrected chi connectivity index (χ1v) is 6.96. The minimum Gasteiger partial charge on any atom is -0.356 e. The molecule has 0 aromatic rings. The first-order valence-electron chi connectivity index (χ1n) is 6.96. The Bertz CT molecular complexity index is 149. The Labute approximate surface area is 104 Å². The van der Waals surface area contributed by atoms with Gasteiger partial charge < -0.3 is 5.32 Å². The van der Waals surface area contributed by atoms with Crippen molar-refractivity contribution in [2.75, 3.05) is 6.54 Å². The van der Waals surface area contributed by atoms with Crippen molar-refractivity contribution in [2.45, 2.75) is 73.1 Å². The monoisotopic (exact) mass is 231 g/mol. The van der Waals surface area contributed by atoms with E-state index in [-0.39, 0.29) is 13.3 Å². The Morgan fingerprint density at radius 3 is 2.06 bits per heavy atom. The number of unbranched alkanes of at least 4 members (excludes halogenated alkanes) is 5. The minimum absolute atomic E-state index is 0. The summed E-state index contributed by atoms with van der Waals surface area (Å²) in [6.07, 6.45) is 7.67. The van der Waals surface area contributed by atoms with E-state index in [1.54, 1.807) is 0 Å². The van der Waals surface area contributed by atoms with E-state index in [1.165, 1.54) is 32.1 Å². The molecule has 2 nitrogen and oxygen atoms in total. The zero-order valence-electron chi connectivity index (χ0n) is 11.9. The van der Waals surface area contributed by atoms with Gasteiger partial charge in [0, 0.05) is 13.9 Å². The lowest BCUT2D eigenvalue weighted by Gasteiger charge is -2.06. The van der Waals surface area contributed by atoms with Crippen LogP contribution in [0.1, 0.15) is 74.6 Å². The third kappa shape index (κ3) is 13.5. The van der Waals surface area contributed by atoms with Gasteiger partial charge in [0.25, 0.3) is 0 Å². The van der Waals surface area contributed by atoms with Gasteiger partial charge in [-0.05, 0) is 6.42 Å². The van der Waals surface area contributed by atoms with Crippen LogP contribution in [0, 0.1) is 5.92 Å². The van der Waals surface area contributed by atoms with Crippen LogP contribution in [-0.2, 0) is 4.79 Å². The summed E-state index contributed by atoms with van der Waals surface area (Å²) in [5.74, 6) is 0.300. The lowest BCUT2D eigenvalue weighted by Crippen LogP contribution is -2.28. The summed E-state index contributed by atoms with van der Waals surface area (Å²) in [7, 11) is 0. The van der Waals surface area contributed by atoms with Crippen LogP contribution in [-0.4, -0.2) is 12.5 Å². The molecule has 2 heteroatoms. The molecular weight excluding hydrogens is 198 g/mol. The van der Waals surface area contributed by atoms with Crippen LogP contribution in [0.25, 0.3) is 0 Å². The van der Waals surface area contributed by atoms with Gasteiger partial charge in [0.2, 0.25) is 5.91 Å². The molecule has 0 rings (SSSR count). The number of amides is 1. The Hall–Kier alpha value is -0.530. The Morgan fingerprint density at radius 2 is 1.56 bits per heavy atom. The molecule has 0 aliphatic heterocycles. The van der Waals surface area contributed by atoms with Crippen molar-refractivity contribution in [1.29, 1.82) is 0 Å². The van der Waals surface area contributed by atoms with E-state index in [0.29, 0.717) is 0 Å². The molecule has 0 fully saturated rings. The van der Waals surface area contributed by atoms with E-state index in [4.69, 9.17) is 0 Å². The third-order valence-electron chi connectivity index (χ3n) is 2.35. The van der Waals surface area contributed by atoms with Gasteiger partial charge in [0.1, 0.15) is 0 Å². The standard InChI is InChI=1S/C12H25NO.C2H6.H2/c1-4-5-6-7-8-9-10-13-12(14)11(2)3;1-2;/h11H,4-10H2,1-3H3,(H,13,14);1-2H3;1H. The molecule has 0 spiro atoms. The van der Waals surface area contributed by atoms with Crippen LogP contribution < -0.4 is 5.32 Å². The molecule has 1 amide bonds. The smallest absolute Gasteiger partial charge is 0.222 e. The first kappa shape index (κ1) is 17.9. The fraction of sp³-hybridized carbons (Fsp3) is 0.929. The number of hydrogen-bond acceptors (Lipinski definition) is 1. The maximum absolute atomic E-state index is 11.2. The molecule has 0 heterocycles. The van der Waals surface area contributed by atoms with Crippen molar-refractivity contribution in [3.63, 3.8) is 0 Å². The van der Waals surface area contributed by atoms with Crippen LogP contribution in [0.5, 0.6) is 0 Å². The highest BCUT2D eigenvalue weighted by Gasteiger charge is 2.04. The molecule has 0 aliphatic rings. The van der Waals surface area contributed by atoms with Gasteiger partial charge in [-0.25, -0.2) is 0 Å². The topological polar surface area (TPSA) is 29.1 Å². The Morgan fingerprint density at radius 1 is 1.06 bits per heavy atom. The first-order chi connectivity index (χ1) is 7.68. The van der Waals surface area contributed by atoms with Crippen molar-refractivity contribution in [3.05, 3.63) is 0 Å². The average Bonchev–Trinajstić information content (AvgIpc) is 2.30. The predicted octanol–water partition coefficient (Wildman–Crippen LogP) is 4.39. The average molecular weight is 231 g/mol. The molecule has 0 bridgehead atoms. The number of rotatable bonds is 8. The third-order valence-corrected chi connectivity index (χ3v) is 2.35. The largest absolute Gasteiger partial charge is 0.356 e. The highest BCUT2D eigenvalue weighted by molar-refractivity contribution is 5.77. The lowest BCUT2D eigenvalue weighted by molar-refractivity contribution is -0.123. The summed E-state index contributed by atoms with van der Waals surface area (Å²) in [5.41, 5.74) is 0.